The molecule has 0 saturated heterocycles. The number of hydrogen-bond acceptors (Lipinski definition) is 0. The number of aryl methyl sites for hydroxylation is 1. The van der Waals surface area contributed by atoms with E-state index in [0.717, 1.165) is 5.46 Å². The molecule has 0 unspecified atom stereocenters. The van der Waals surface area contributed by atoms with E-state index in [-0.39, 0.29) is 0 Å². The summed E-state index contributed by atoms with van der Waals surface area (Å²) in [7, 11) is 1.93. The van der Waals surface area contributed by atoms with Gasteiger partial charge in [-0.1, -0.05) is 48.7 Å². The van der Waals surface area contributed by atoms with Gasteiger partial charge in [-0.25, -0.2) is 0 Å². The van der Waals surface area contributed by atoms with Crippen molar-refractivity contribution in [3.8, 4) is 0 Å². The van der Waals surface area contributed by atoms with Crippen LogP contribution >= 0.6 is 0 Å². The van der Waals surface area contributed by atoms with Gasteiger partial charge in [0.25, 0.3) is 0 Å². The molecule has 2 aromatic carbocycles. The molecule has 0 nitrogen and oxygen atoms in total. The Morgan fingerprint density at radius 3 is 2.92 bits per heavy atom. The van der Waals surface area contributed by atoms with Crippen LogP contribution in [0.5, 0.6) is 0 Å². The van der Waals surface area contributed by atoms with Crippen LogP contribution in [0.3, 0.4) is 0 Å². The molecule has 0 bridgehead atoms. The highest BCUT2D eigenvalue weighted by molar-refractivity contribution is 6.52. The topological polar surface area (TPSA) is 0 Å². The molecule has 0 fully saturated rings. The first-order chi connectivity index (χ1) is 6.81. The Bertz CT molecular complexity index is 451. The SMILES string of the molecule is [2H]C[B]c1cc(C)c2ccccc2c1. The quantitative estimate of drug-likeness (QED) is 0.574. The largest absolute Gasteiger partial charge is 0.148 e. The summed E-state index contributed by atoms with van der Waals surface area (Å²) >= 11 is 0. The first kappa shape index (κ1) is 7.20. The van der Waals surface area contributed by atoms with Crippen LogP contribution in [-0.4, -0.2) is 7.28 Å². The van der Waals surface area contributed by atoms with Gasteiger partial charge in [0.2, 0.25) is 0 Å². The minimum Gasteiger partial charge on any atom is -0.0872 e. The minimum atomic E-state index is 0.345. The average molecular weight is 168 g/mol. The third kappa shape index (κ3) is 1.46. The minimum absolute atomic E-state index is 0.345. The smallest absolute Gasteiger partial charge is 0.0872 e. The van der Waals surface area contributed by atoms with Crippen molar-refractivity contribution in [2.24, 2.45) is 0 Å². The van der Waals surface area contributed by atoms with Crippen molar-refractivity contribution >= 4 is 23.5 Å². The summed E-state index contributed by atoms with van der Waals surface area (Å²) in [6.07, 6.45) is 0. The van der Waals surface area contributed by atoms with E-state index in [1.54, 1.807) is 0 Å². The molecule has 2 aromatic rings. The van der Waals surface area contributed by atoms with Gasteiger partial charge in [-0.15, -0.1) is 0 Å². The summed E-state index contributed by atoms with van der Waals surface area (Å²) in [5.41, 5.74) is 2.43. The van der Waals surface area contributed by atoms with Crippen molar-refractivity contribution in [2.75, 3.05) is 0 Å². The molecule has 0 saturated carbocycles. The van der Waals surface area contributed by atoms with Crippen LogP contribution in [0.15, 0.2) is 36.4 Å². The van der Waals surface area contributed by atoms with Gasteiger partial charge in [0, 0.05) is 1.37 Å². The maximum Gasteiger partial charge on any atom is 0.148 e. The molecule has 1 radical (unpaired) electrons. The van der Waals surface area contributed by atoms with Crippen LogP contribution in [0, 0.1) is 6.92 Å². The fourth-order valence-corrected chi connectivity index (χ4v) is 1.65. The van der Waals surface area contributed by atoms with Crippen molar-refractivity contribution in [3.63, 3.8) is 0 Å². The summed E-state index contributed by atoms with van der Waals surface area (Å²) in [5.74, 6) is 0. The van der Waals surface area contributed by atoms with Crippen LogP contribution in [0.2, 0.25) is 6.80 Å². The molecule has 1 heteroatoms. The zero-order valence-electron chi connectivity index (χ0n) is 8.75. The molecule has 0 aliphatic carbocycles. The third-order valence-electron chi connectivity index (χ3n) is 2.33. The van der Waals surface area contributed by atoms with Gasteiger partial charge in [-0.05, 0) is 23.3 Å². The Balaban J connectivity index is 2.60. The van der Waals surface area contributed by atoms with E-state index in [4.69, 9.17) is 1.37 Å². The second kappa shape index (κ2) is 3.25. The number of benzene rings is 2. The Morgan fingerprint density at radius 1 is 1.23 bits per heavy atom. The van der Waals surface area contributed by atoms with Gasteiger partial charge < -0.3 is 0 Å². The highest BCUT2D eigenvalue weighted by Gasteiger charge is 1.98. The van der Waals surface area contributed by atoms with Crippen molar-refractivity contribution in [2.45, 2.75) is 13.7 Å². The second-order valence-corrected chi connectivity index (χ2v) is 3.26. The first-order valence-electron chi connectivity index (χ1n) is 5.14. The molecule has 0 aliphatic rings. The molecule has 13 heavy (non-hydrogen) atoms. The first-order valence-corrected chi connectivity index (χ1v) is 4.43. The molecule has 0 aromatic heterocycles. The van der Waals surface area contributed by atoms with Gasteiger partial charge in [-0.2, -0.15) is 0 Å². The molecular formula is C12H12B. The summed E-state index contributed by atoms with van der Waals surface area (Å²) in [6.45, 7) is 2.46. The zero-order chi connectivity index (χ0) is 9.97. The van der Waals surface area contributed by atoms with E-state index >= 15 is 0 Å². The monoisotopic (exact) mass is 168 g/mol. The normalized spacial score (nSPS) is 11.3. The molecule has 0 atom stereocenters. The molecule has 0 spiro atoms. The van der Waals surface area contributed by atoms with Gasteiger partial charge in [0.15, 0.2) is 0 Å². The van der Waals surface area contributed by atoms with Crippen molar-refractivity contribution < 1.29 is 1.37 Å². The van der Waals surface area contributed by atoms with E-state index in [9.17, 15) is 0 Å². The zero-order valence-corrected chi connectivity index (χ0v) is 7.75. The summed E-state index contributed by atoms with van der Waals surface area (Å²) < 4.78 is 7.16. The lowest BCUT2D eigenvalue weighted by atomic mass is 9.72. The van der Waals surface area contributed by atoms with Crippen LogP contribution in [0.1, 0.15) is 6.93 Å². The van der Waals surface area contributed by atoms with Crippen LogP contribution in [0.25, 0.3) is 10.8 Å². The number of fused-ring (bicyclic) bond motifs is 1. The lowest BCUT2D eigenvalue weighted by Gasteiger charge is -2.04. The van der Waals surface area contributed by atoms with E-state index in [0.29, 0.717) is 6.80 Å². The standard InChI is InChI=1S/C12H12B/c1-9-7-11(13-2)8-10-5-3-4-6-12(9)10/h3-8H,1-2H3/i2D. The van der Waals surface area contributed by atoms with Crippen molar-refractivity contribution in [1.29, 1.82) is 0 Å². The van der Waals surface area contributed by atoms with Crippen molar-refractivity contribution in [1.82, 2.24) is 0 Å². The Labute approximate surface area is 81.2 Å². The maximum absolute atomic E-state index is 7.16. The molecule has 0 aliphatic heterocycles. The summed E-state index contributed by atoms with van der Waals surface area (Å²) in [6, 6.07) is 12.6. The van der Waals surface area contributed by atoms with E-state index in [1.165, 1.54) is 16.3 Å². The van der Waals surface area contributed by atoms with E-state index < -0.39 is 0 Å². The third-order valence-corrected chi connectivity index (χ3v) is 2.33. The van der Waals surface area contributed by atoms with Gasteiger partial charge >= 0.3 is 0 Å². The highest BCUT2D eigenvalue weighted by atomic mass is 14.0. The van der Waals surface area contributed by atoms with Crippen molar-refractivity contribution in [3.05, 3.63) is 42.0 Å². The average Bonchev–Trinajstić information content (AvgIpc) is 2.18. The molecular weight excluding hydrogens is 155 g/mol. The molecule has 2 rings (SSSR count). The maximum atomic E-state index is 7.16. The number of rotatable bonds is 1. The molecule has 0 N–H and O–H groups in total. The second-order valence-electron chi connectivity index (χ2n) is 3.26. The Hall–Kier alpha value is -1.24. The molecule has 63 valence electrons. The fourth-order valence-electron chi connectivity index (χ4n) is 1.65. The van der Waals surface area contributed by atoms with Gasteiger partial charge in [-0.3, -0.25) is 0 Å². The lowest BCUT2D eigenvalue weighted by Crippen LogP contribution is -2.10. The predicted octanol–water partition coefficient (Wildman–Crippen LogP) is 2.53. The fraction of sp³-hybridized carbons (Fsp3) is 0.167. The van der Waals surface area contributed by atoms with Crippen LogP contribution < -0.4 is 5.46 Å². The summed E-state index contributed by atoms with van der Waals surface area (Å²) in [4.78, 5) is 0. The van der Waals surface area contributed by atoms with Crippen LogP contribution in [-0.2, 0) is 0 Å². The van der Waals surface area contributed by atoms with Gasteiger partial charge in [0.1, 0.15) is 7.28 Å². The molecule has 0 amide bonds. The Kier molecular flexibility index (Phi) is 1.80. The summed E-state index contributed by atoms with van der Waals surface area (Å²) in [5, 5.41) is 2.56. The predicted molar refractivity (Wildman–Crippen MR) is 59.9 cm³/mol. The molecule has 0 heterocycles. The van der Waals surface area contributed by atoms with E-state index in [2.05, 4.69) is 37.3 Å². The highest BCUT2D eigenvalue weighted by Crippen LogP contribution is 2.15. The lowest BCUT2D eigenvalue weighted by molar-refractivity contribution is 1.55. The van der Waals surface area contributed by atoms with Gasteiger partial charge in [0.05, 0.1) is 0 Å². The van der Waals surface area contributed by atoms with E-state index in [1.807, 2.05) is 13.3 Å². The number of hydrogen-bond donors (Lipinski definition) is 0. The Morgan fingerprint density at radius 2 is 2.08 bits per heavy atom. The van der Waals surface area contributed by atoms with Crippen LogP contribution in [0.4, 0.5) is 0 Å².